The Kier molecular flexibility index (Phi) is 2.37. The highest BCUT2D eigenvalue weighted by Gasteiger charge is 2.06. The average molecular weight is 203 g/mol. The number of hydrogen-bond acceptors (Lipinski definition) is 4. The fourth-order valence-corrected chi connectivity index (χ4v) is 1.42. The maximum absolute atomic E-state index is 5.93. The van der Waals surface area contributed by atoms with Crippen molar-refractivity contribution in [3.63, 3.8) is 0 Å². The molecule has 0 spiro atoms. The summed E-state index contributed by atoms with van der Waals surface area (Å²) >= 11 is 0. The summed E-state index contributed by atoms with van der Waals surface area (Å²) in [5.74, 6) is 0. The lowest BCUT2D eigenvalue weighted by Crippen LogP contribution is -2.07. The molecule has 0 aliphatic carbocycles. The minimum atomic E-state index is 0.607. The number of aromatic nitrogens is 4. The lowest BCUT2D eigenvalue weighted by molar-refractivity contribution is 0.667. The Morgan fingerprint density at radius 2 is 2.20 bits per heavy atom. The fraction of sp³-hybridized carbons (Fsp3) is 0.300. The van der Waals surface area contributed by atoms with Gasteiger partial charge in [0.05, 0.1) is 12.2 Å². The number of anilines is 1. The van der Waals surface area contributed by atoms with Crippen LogP contribution in [0.2, 0.25) is 0 Å². The van der Waals surface area contributed by atoms with Gasteiger partial charge in [0.1, 0.15) is 12.7 Å². The van der Waals surface area contributed by atoms with Crippen LogP contribution in [0.25, 0.3) is 0 Å². The molecule has 2 rings (SSSR count). The largest absolute Gasteiger partial charge is 0.398 e. The standard InChI is InChI=1S/C10H13N5/c1-7-3-13-9(8(2)10(7)11)4-15-6-12-5-14-15/h3,5-6H,4H2,1-2H3,(H2,11,13). The minimum absolute atomic E-state index is 0.607. The molecule has 0 bridgehead atoms. The molecule has 2 aromatic heterocycles. The Morgan fingerprint density at radius 3 is 2.87 bits per heavy atom. The second-order valence-electron chi connectivity index (χ2n) is 3.52. The maximum atomic E-state index is 5.93. The topological polar surface area (TPSA) is 69.6 Å². The van der Waals surface area contributed by atoms with E-state index in [-0.39, 0.29) is 0 Å². The first-order valence-electron chi connectivity index (χ1n) is 4.71. The first-order chi connectivity index (χ1) is 7.18. The molecule has 0 saturated carbocycles. The molecule has 0 radical (unpaired) electrons. The monoisotopic (exact) mass is 203 g/mol. The smallest absolute Gasteiger partial charge is 0.137 e. The van der Waals surface area contributed by atoms with Gasteiger partial charge >= 0.3 is 0 Å². The maximum Gasteiger partial charge on any atom is 0.137 e. The zero-order valence-electron chi connectivity index (χ0n) is 8.81. The highest BCUT2D eigenvalue weighted by molar-refractivity contribution is 5.53. The molecule has 5 nitrogen and oxygen atoms in total. The Hall–Kier alpha value is -1.91. The van der Waals surface area contributed by atoms with E-state index in [4.69, 9.17) is 5.73 Å². The molecule has 0 fully saturated rings. The second kappa shape index (κ2) is 3.68. The zero-order chi connectivity index (χ0) is 10.8. The summed E-state index contributed by atoms with van der Waals surface area (Å²) in [6.07, 6.45) is 4.96. The van der Waals surface area contributed by atoms with Crippen molar-refractivity contribution in [2.45, 2.75) is 20.4 Å². The third-order valence-electron chi connectivity index (χ3n) is 2.45. The van der Waals surface area contributed by atoms with Gasteiger partial charge in [-0.15, -0.1) is 0 Å². The summed E-state index contributed by atoms with van der Waals surface area (Å²) in [5, 5.41) is 4.03. The Morgan fingerprint density at radius 1 is 1.40 bits per heavy atom. The van der Waals surface area contributed by atoms with Crippen molar-refractivity contribution in [3.05, 3.63) is 35.7 Å². The number of nitrogens with zero attached hydrogens (tertiary/aromatic N) is 4. The van der Waals surface area contributed by atoms with Gasteiger partial charge in [0, 0.05) is 11.9 Å². The van der Waals surface area contributed by atoms with Crippen molar-refractivity contribution >= 4 is 5.69 Å². The van der Waals surface area contributed by atoms with E-state index in [1.165, 1.54) is 6.33 Å². The van der Waals surface area contributed by atoms with Gasteiger partial charge in [-0.05, 0) is 25.0 Å². The number of nitrogen functional groups attached to an aromatic ring is 1. The van der Waals surface area contributed by atoms with Crippen molar-refractivity contribution in [3.8, 4) is 0 Å². The quantitative estimate of drug-likeness (QED) is 0.788. The number of aryl methyl sites for hydroxylation is 1. The molecule has 0 amide bonds. The van der Waals surface area contributed by atoms with Gasteiger partial charge < -0.3 is 5.73 Å². The van der Waals surface area contributed by atoms with E-state index in [9.17, 15) is 0 Å². The van der Waals surface area contributed by atoms with Gasteiger partial charge in [-0.1, -0.05) is 0 Å². The van der Waals surface area contributed by atoms with Crippen molar-refractivity contribution in [1.82, 2.24) is 19.7 Å². The van der Waals surface area contributed by atoms with Crippen LogP contribution in [0.5, 0.6) is 0 Å². The van der Waals surface area contributed by atoms with Crippen molar-refractivity contribution in [1.29, 1.82) is 0 Å². The van der Waals surface area contributed by atoms with Gasteiger partial charge in [0.2, 0.25) is 0 Å². The van der Waals surface area contributed by atoms with Gasteiger partial charge in [-0.25, -0.2) is 9.67 Å². The van der Waals surface area contributed by atoms with E-state index in [1.807, 2.05) is 13.8 Å². The van der Waals surface area contributed by atoms with E-state index < -0.39 is 0 Å². The molecule has 15 heavy (non-hydrogen) atoms. The summed E-state index contributed by atoms with van der Waals surface area (Å²) in [5.41, 5.74) is 9.69. The first kappa shape index (κ1) is 9.64. The lowest BCUT2D eigenvalue weighted by atomic mass is 10.1. The summed E-state index contributed by atoms with van der Waals surface area (Å²) in [4.78, 5) is 8.23. The molecule has 0 aromatic carbocycles. The molecular weight excluding hydrogens is 190 g/mol. The summed E-state index contributed by atoms with van der Waals surface area (Å²) in [6.45, 7) is 4.53. The van der Waals surface area contributed by atoms with E-state index in [0.717, 1.165) is 22.5 Å². The molecule has 0 aliphatic heterocycles. The van der Waals surface area contributed by atoms with Crippen LogP contribution in [0, 0.1) is 13.8 Å². The first-order valence-corrected chi connectivity index (χ1v) is 4.71. The molecule has 2 N–H and O–H groups in total. The predicted octanol–water partition coefficient (Wildman–Crippen LogP) is 0.920. The highest BCUT2D eigenvalue weighted by atomic mass is 15.3. The van der Waals surface area contributed by atoms with E-state index >= 15 is 0 Å². The van der Waals surface area contributed by atoms with Crippen LogP contribution in [0.15, 0.2) is 18.9 Å². The fourth-order valence-electron chi connectivity index (χ4n) is 1.42. The highest BCUT2D eigenvalue weighted by Crippen LogP contribution is 2.18. The molecule has 2 aromatic rings. The van der Waals surface area contributed by atoms with Crippen molar-refractivity contribution in [2.75, 3.05) is 5.73 Å². The molecule has 0 atom stereocenters. The third kappa shape index (κ3) is 1.81. The van der Waals surface area contributed by atoms with E-state index in [2.05, 4.69) is 15.1 Å². The molecule has 0 aliphatic rings. The molecule has 0 unspecified atom stereocenters. The van der Waals surface area contributed by atoms with Crippen LogP contribution in [0.1, 0.15) is 16.8 Å². The van der Waals surface area contributed by atoms with Crippen molar-refractivity contribution in [2.24, 2.45) is 0 Å². The molecule has 78 valence electrons. The Bertz CT molecular complexity index is 461. The zero-order valence-corrected chi connectivity index (χ0v) is 8.81. The number of hydrogen-bond donors (Lipinski definition) is 1. The Labute approximate surface area is 88.0 Å². The summed E-state index contributed by atoms with van der Waals surface area (Å²) in [6, 6.07) is 0. The number of pyridine rings is 1. The molecular formula is C10H13N5. The third-order valence-corrected chi connectivity index (χ3v) is 2.45. The van der Waals surface area contributed by atoms with Crippen LogP contribution in [-0.4, -0.2) is 19.7 Å². The minimum Gasteiger partial charge on any atom is -0.398 e. The van der Waals surface area contributed by atoms with Gasteiger partial charge in [0.25, 0.3) is 0 Å². The summed E-state index contributed by atoms with van der Waals surface area (Å²) < 4.78 is 1.73. The van der Waals surface area contributed by atoms with Gasteiger partial charge in [-0.2, -0.15) is 5.10 Å². The average Bonchev–Trinajstić information content (AvgIpc) is 2.72. The summed E-state index contributed by atoms with van der Waals surface area (Å²) in [7, 11) is 0. The Balaban J connectivity index is 2.34. The van der Waals surface area contributed by atoms with Gasteiger partial charge in [0.15, 0.2) is 0 Å². The van der Waals surface area contributed by atoms with Crippen LogP contribution in [0.3, 0.4) is 0 Å². The van der Waals surface area contributed by atoms with Crippen LogP contribution in [0.4, 0.5) is 5.69 Å². The SMILES string of the molecule is Cc1cnc(Cn2cncn2)c(C)c1N. The van der Waals surface area contributed by atoms with Crippen LogP contribution < -0.4 is 5.73 Å². The lowest BCUT2D eigenvalue weighted by Gasteiger charge is -2.09. The second-order valence-corrected chi connectivity index (χ2v) is 3.52. The number of rotatable bonds is 2. The molecule has 0 saturated heterocycles. The van der Waals surface area contributed by atoms with Crippen molar-refractivity contribution < 1.29 is 0 Å². The van der Waals surface area contributed by atoms with E-state index in [1.54, 1.807) is 17.2 Å². The van der Waals surface area contributed by atoms with Crippen LogP contribution >= 0.6 is 0 Å². The van der Waals surface area contributed by atoms with Gasteiger partial charge in [-0.3, -0.25) is 4.98 Å². The molecule has 5 heteroatoms. The molecule has 2 heterocycles. The van der Waals surface area contributed by atoms with E-state index in [0.29, 0.717) is 6.54 Å². The predicted molar refractivity (Wildman–Crippen MR) is 57.2 cm³/mol. The van der Waals surface area contributed by atoms with Crippen LogP contribution in [-0.2, 0) is 6.54 Å². The number of nitrogens with two attached hydrogens (primary N) is 1. The normalized spacial score (nSPS) is 10.5.